The Bertz CT molecular complexity index is 1220. The first-order chi connectivity index (χ1) is 23.3. The number of hydrogen-bond donors (Lipinski definition) is 4. The largest absolute Gasteiger partial charge is 0.382 e. The van der Waals surface area contributed by atoms with Crippen molar-refractivity contribution in [3.8, 4) is 0 Å². The van der Waals surface area contributed by atoms with Gasteiger partial charge in [-0.05, 0) is 80.4 Å². The van der Waals surface area contributed by atoms with Crippen LogP contribution in [0.1, 0.15) is 107 Å². The van der Waals surface area contributed by atoms with Crippen molar-refractivity contribution < 1.29 is 43.5 Å². The number of benzene rings is 2. The van der Waals surface area contributed by atoms with Crippen LogP contribution >= 0.6 is 0 Å². The van der Waals surface area contributed by atoms with Gasteiger partial charge in [-0.15, -0.1) is 0 Å². The van der Waals surface area contributed by atoms with Crippen LogP contribution in [0.15, 0.2) is 48.5 Å². The molecule has 50 heavy (non-hydrogen) atoms. The molecule has 0 amide bonds. The topological polar surface area (TPSA) is 159 Å². The van der Waals surface area contributed by atoms with E-state index in [1.807, 2.05) is 65.8 Å². The molecule has 0 radical (unpaired) electrons. The number of carbonyl (C=O) groups excluding carboxylic acids is 2. The molecule has 0 saturated carbocycles. The van der Waals surface area contributed by atoms with Crippen molar-refractivity contribution in [3.05, 3.63) is 70.8 Å². The SMILES string of the molecule is CC(N)COCC(C)OCC(C)OCC(C)OCC(C)OCC(C)NC(c1ccc(C(=O)C(C)(C)O)cc1)c1ccc(C(=O)C(C)(C)O)cc1. The van der Waals surface area contributed by atoms with E-state index < -0.39 is 11.2 Å². The predicted molar refractivity (Wildman–Crippen MR) is 195 cm³/mol. The van der Waals surface area contributed by atoms with E-state index in [1.54, 1.807) is 24.3 Å². The molecule has 2 aromatic carbocycles. The van der Waals surface area contributed by atoms with Crippen LogP contribution < -0.4 is 11.1 Å². The molecule has 0 heterocycles. The van der Waals surface area contributed by atoms with Crippen molar-refractivity contribution in [3.63, 3.8) is 0 Å². The highest BCUT2D eigenvalue weighted by atomic mass is 16.6. The summed E-state index contributed by atoms with van der Waals surface area (Å²) < 4.78 is 29.3. The molecule has 0 fully saturated rings. The minimum atomic E-state index is -1.48. The molecule has 0 aliphatic heterocycles. The zero-order chi connectivity index (χ0) is 37.6. The second-order valence-electron chi connectivity index (χ2n) is 14.6. The Balaban J connectivity index is 1.94. The lowest BCUT2D eigenvalue weighted by Gasteiger charge is -2.26. The Hall–Kier alpha value is -2.58. The maximum atomic E-state index is 12.6. The number of carbonyl (C=O) groups is 2. The highest BCUT2D eigenvalue weighted by molar-refractivity contribution is 6.02. The average molecular weight is 703 g/mol. The molecule has 2 rings (SSSR count). The van der Waals surface area contributed by atoms with Crippen LogP contribution in [0.4, 0.5) is 0 Å². The van der Waals surface area contributed by atoms with Gasteiger partial charge in [-0.3, -0.25) is 9.59 Å². The van der Waals surface area contributed by atoms with Crippen molar-refractivity contribution in [2.45, 2.75) is 123 Å². The Labute approximate surface area is 299 Å². The summed E-state index contributed by atoms with van der Waals surface area (Å²) in [5.41, 5.74) is 5.34. The van der Waals surface area contributed by atoms with Gasteiger partial charge in [0.2, 0.25) is 0 Å². The number of Topliss-reactive ketones (excluding diaryl/α,β-unsaturated/α-hetero) is 2. The van der Waals surface area contributed by atoms with Crippen LogP contribution in [0.25, 0.3) is 0 Å². The summed E-state index contributed by atoms with van der Waals surface area (Å²) in [7, 11) is 0. The molecule has 0 spiro atoms. The first-order valence-corrected chi connectivity index (χ1v) is 17.6. The maximum Gasteiger partial charge on any atom is 0.193 e. The van der Waals surface area contributed by atoms with Gasteiger partial charge in [0, 0.05) is 23.2 Å². The van der Waals surface area contributed by atoms with Gasteiger partial charge in [-0.25, -0.2) is 0 Å². The van der Waals surface area contributed by atoms with E-state index >= 15 is 0 Å². The molecule has 0 aromatic heterocycles. The lowest BCUT2D eigenvalue weighted by atomic mass is 9.91. The van der Waals surface area contributed by atoms with Gasteiger partial charge < -0.3 is 44.9 Å². The molecule has 6 atom stereocenters. The van der Waals surface area contributed by atoms with E-state index in [0.717, 1.165) is 11.1 Å². The normalized spacial score (nSPS) is 16.1. The van der Waals surface area contributed by atoms with E-state index in [4.69, 9.17) is 29.4 Å². The van der Waals surface area contributed by atoms with Gasteiger partial charge in [0.25, 0.3) is 0 Å². The monoisotopic (exact) mass is 702 g/mol. The Morgan fingerprint density at radius 3 is 1.28 bits per heavy atom. The Morgan fingerprint density at radius 2 is 0.940 bits per heavy atom. The van der Waals surface area contributed by atoms with Crippen molar-refractivity contribution in [2.24, 2.45) is 5.73 Å². The van der Waals surface area contributed by atoms with Gasteiger partial charge in [0.05, 0.1) is 70.1 Å². The van der Waals surface area contributed by atoms with Crippen LogP contribution in [0, 0.1) is 0 Å². The number of nitrogens with one attached hydrogen (secondary N) is 1. The Kier molecular flexibility index (Phi) is 17.8. The van der Waals surface area contributed by atoms with Gasteiger partial charge >= 0.3 is 0 Å². The van der Waals surface area contributed by atoms with E-state index in [0.29, 0.717) is 50.8 Å². The number of ketones is 2. The van der Waals surface area contributed by atoms with Gasteiger partial charge in [-0.2, -0.15) is 0 Å². The van der Waals surface area contributed by atoms with Crippen molar-refractivity contribution in [2.75, 3.05) is 39.6 Å². The summed E-state index contributed by atoms with van der Waals surface area (Å²) in [4.78, 5) is 25.2. The quantitative estimate of drug-likeness (QED) is 0.113. The molecule has 282 valence electrons. The lowest BCUT2D eigenvalue weighted by Crippen LogP contribution is -2.36. The van der Waals surface area contributed by atoms with E-state index in [-0.39, 0.29) is 54.1 Å². The molecule has 11 heteroatoms. The Morgan fingerprint density at radius 1 is 0.600 bits per heavy atom. The molecule has 5 N–H and O–H groups in total. The third-order valence-corrected chi connectivity index (χ3v) is 7.79. The predicted octanol–water partition coefficient (Wildman–Crippen LogP) is 4.65. The standard InChI is InChI=1S/C39H62N2O9/c1-25(40)19-46-21-27(3)48-23-29(5)50-24-30(6)49-22-28(4)47-20-26(2)41-35(31-11-15-33(16-12-31)36(42)38(7,8)44)32-13-17-34(18-14-32)37(43)39(9,10)45/h11-18,25-30,35,41,44-45H,19-24,40H2,1-10H3. The number of hydrogen-bond acceptors (Lipinski definition) is 11. The van der Waals surface area contributed by atoms with Crippen molar-refractivity contribution in [1.82, 2.24) is 5.32 Å². The fraction of sp³-hybridized carbons (Fsp3) is 0.641. The zero-order valence-electron chi connectivity index (χ0n) is 31.7. The number of ether oxygens (including phenoxy) is 5. The average Bonchev–Trinajstić information content (AvgIpc) is 3.05. The van der Waals surface area contributed by atoms with Crippen LogP contribution in [0.3, 0.4) is 0 Å². The molecule has 11 nitrogen and oxygen atoms in total. The minimum Gasteiger partial charge on any atom is -0.382 e. The molecule has 2 aromatic rings. The number of nitrogens with two attached hydrogens (primary N) is 1. The third-order valence-electron chi connectivity index (χ3n) is 7.79. The molecular weight excluding hydrogens is 640 g/mol. The van der Waals surface area contributed by atoms with Crippen LogP contribution in [-0.4, -0.2) is 109 Å². The van der Waals surface area contributed by atoms with E-state index in [9.17, 15) is 19.8 Å². The fourth-order valence-electron chi connectivity index (χ4n) is 4.90. The first kappa shape index (κ1) is 43.6. The van der Waals surface area contributed by atoms with E-state index in [2.05, 4.69) is 5.32 Å². The number of rotatable bonds is 24. The second-order valence-corrected chi connectivity index (χ2v) is 14.6. The van der Waals surface area contributed by atoms with Crippen LogP contribution in [0.5, 0.6) is 0 Å². The maximum absolute atomic E-state index is 12.6. The van der Waals surface area contributed by atoms with Crippen molar-refractivity contribution in [1.29, 1.82) is 0 Å². The van der Waals surface area contributed by atoms with Crippen LogP contribution in [-0.2, 0) is 23.7 Å². The lowest BCUT2D eigenvalue weighted by molar-refractivity contribution is -0.0930. The highest BCUT2D eigenvalue weighted by Crippen LogP contribution is 2.26. The summed E-state index contributed by atoms with van der Waals surface area (Å²) in [6.07, 6.45) is -0.447. The molecule has 0 bridgehead atoms. The summed E-state index contributed by atoms with van der Waals surface area (Å²) in [5, 5.41) is 24.0. The first-order valence-electron chi connectivity index (χ1n) is 17.6. The molecule has 0 saturated heterocycles. The fourth-order valence-corrected chi connectivity index (χ4v) is 4.90. The smallest absolute Gasteiger partial charge is 0.193 e. The highest BCUT2D eigenvalue weighted by Gasteiger charge is 2.27. The molecule has 6 unspecified atom stereocenters. The summed E-state index contributed by atoms with van der Waals surface area (Å²) >= 11 is 0. The van der Waals surface area contributed by atoms with Crippen molar-refractivity contribution >= 4 is 11.6 Å². The zero-order valence-corrected chi connectivity index (χ0v) is 31.7. The van der Waals surface area contributed by atoms with Gasteiger partial charge in [0.1, 0.15) is 11.2 Å². The van der Waals surface area contributed by atoms with Gasteiger partial charge in [0.15, 0.2) is 11.6 Å². The minimum absolute atomic E-state index is 0.00240. The third kappa shape index (κ3) is 15.8. The molecular formula is C39H62N2O9. The number of aliphatic hydroxyl groups is 2. The summed E-state index contributed by atoms with van der Waals surface area (Å²) in [6, 6.07) is 13.8. The second kappa shape index (κ2) is 20.5. The van der Waals surface area contributed by atoms with E-state index in [1.165, 1.54) is 27.7 Å². The molecule has 0 aliphatic rings. The van der Waals surface area contributed by atoms with Gasteiger partial charge in [-0.1, -0.05) is 48.5 Å². The molecule has 0 aliphatic carbocycles. The summed E-state index contributed by atoms with van der Waals surface area (Å²) in [6.45, 7) is 20.3. The summed E-state index contributed by atoms with van der Waals surface area (Å²) in [5.74, 6) is -0.731. The van der Waals surface area contributed by atoms with Crippen LogP contribution in [0.2, 0.25) is 0 Å².